The summed E-state index contributed by atoms with van der Waals surface area (Å²) in [4.78, 5) is 23.4. The molecule has 2 aromatic rings. The van der Waals surface area contributed by atoms with E-state index in [1.54, 1.807) is 12.1 Å². The highest BCUT2D eigenvalue weighted by atomic mass is 32.2. The van der Waals surface area contributed by atoms with Gasteiger partial charge in [-0.15, -0.1) is 0 Å². The molecule has 0 spiro atoms. The monoisotopic (exact) mass is 413 g/mol. The van der Waals surface area contributed by atoms with Crippen molar-refractivity contribution in [3.05, 3.63) is 59.2 Å². The predicted octanol–water partition coefficient (Wildman–Crippen LogP) is 2.41. The Hall–Kier alpha value is -3.01. The molecule has 0 atom stereocenters. The largest absolute Gasteiger partial charge is 0.496 e. The topological polar surface area (TPSA) is 98.8 Å². The second kappa shape index (κ2) is 8.79. The third-order valence-electron chi connectivity index (χ3n) is 3.80. The summed E-state index contributed by atoms with van der Waals surface area (Å²) in [6, 6.07) is 8.86. The standard InChI is InChI=1S/C18H17F2NO6S/c1-26-15-8-3-11(9-14(15)17(23)27-2)10-21-16(22)12-4-6-13(7-5-12)28(24,25)18(19)20/h3-9,18H,10H2,1-2H3,(H,21,22). The molecule has 0 saturated carbocycles. The molecule has 7 nitrogen and oxygen atoms in total. The first-order valence-corrected chi connectivity index (χ1v) is 9.41. The van der Waals surface area contributed by atoms with Gasteiger partial charge in [0.1, 0.15) is 11.3 Å². The van der Waals surface area contributed by atoms with Crippen LogP contribution in [-0.2, 0) is 21.1 Å². The van der Waals surface area contributed by atoms with Crippen LogP contribution < -0.4 is 10.1 Å². The zero-order chi connectivity index (χ0) is 20.9. The Kier molecular flexibility index (Phi) is 6.68. The van der Waals surface area contributed by atoms with Gasteiger partial charge < -0.3 is 14.8 Å². The number of alkyl halides is 2. The van der Waals surface area contributed by atoms with Crippen molar-refractivity contribution in [2.24, 2.45) is 0 Å². The lowest BCUT2D eigenvalue weighted by molar-refractivity contribution is 0.0597. The molecule has 0 aliphatic heterocycles. The van der Waals surface area contributed by atoms with Crippen molar-refractivity contribution in [2.45, 2.75) is 17.2 Å². The molecule has 0 unspecified atom stereocenters. The summed E-state index contributed by atoms with van der Waals surface area (Å²) in [6.07, 6.45) is 0. The predicted molar refractivity (Wildman–Crippen MR) is 95.1 cm³/mol. The van der Waals surface area contributed by atoms with Crippen LogP contribution in [-0.4, -0.2) is 40.3 Å². The van der Waals surface area contributed by atoms with Gasteiger partial charge in [-0.1, -0.05) is 6.07 Å². The molecule has 0 aliphatic carbocycles. The molecule has 0 radical (unpaired) electrons. The molecule has 0 heterocycles. The molecule has 0 aromatic heterocycles. The fourth-order valence-corrected chi connectivity index (χ4v) is 3.04. The minimum atomic E-state index is -4.72. The lowest BCUT2D eigenvalue weighted by Gasteiger charge is -2.10. The Morgan fingerprint density at radius 2 is 1.71 bits per heavy atom. The summed E-state index contributed by atoms with van der Waals surface area (Å²) in [5.74, 6) is -4.36. The normalized spacial score (nSPS) is 11.2. The molecule has 0 bridgehead atoms. The number of benzene rings is 2. The van der Waals surface area contributed by atoms with Gasteiger partial charge in [-0.2, -0.15) is 8.78 Å². The number of carbonyl (C=O) groups is 2. The quantitative estimate of drug-likeness (QED) is 0.700. The number of carbonyl (C=O) groups excluding carboxylic acids is 2. The van der Waals surface area contributed by atoms with E-state index in [1.165, 1.54) is 20.3 Å². The van der Waals surface area contributed by atoms with E-state index in [4.69, 9.17) is 4.74 Å². The maximum atomic E-state index is 12.5. The molecule has 2 aromatic carbocycles. The number of sulfone groups is 1. The minimum absolute atomic E-state index is 0.0594. The first-order valence-electron chi connectivity index (χ1n) is 7.86. The van der Waals surface area contributed by atoms with Crippen molar-refractivity contribution in [1.82, 2.24) is 5.32 Å². The summed E-state index contributed by atoms with van der Waals surface area (Å²) in [6.45, 7) is 0.0594. The molecule has 150 valence electrons. The van der Waals surface area contributed by atoms with Crippen LogP contribution in [0.4, 0.5) is 8.78 Å². The zero-order valence-corrected chi connectivity index (χ0v) is 15.8. The maximum absolute atomic E-state index is 12.5. The second-order valence-corrected chi connectivity index (χ2v) is 7.46. The van der Waals surface area contributed by atoms with Crippen LogP contribution in [0.1, 0.15) is 26.3 Å². The van der Waals surface area contributed by atoms with Gasteiger partial charge in [-0.3, -0.25) is 4.79 Å². The molecule has 1 N–H and O–H groups in total. The van der Waals surface area contributed by atoms with E-state index < -0.39 is 32.4 Å². The molecule has 10 heteroatoms. The van der Waals surface area contributed by atoms with Crippen LogP contribution in [0.3, 0.4) is 0 Å². The summed E-state index contributed by atoms with van der Waals surface area (Å²) in [7, 11) is -2.08. The summed E-state index contributed by atoms with van der Waals surface area (Å²) in [5, 5.41) is 2.59. The number of ether oxygens (including phenoxy) is 2. The number of methoxy groups -OCH3 is 2. The SMILES string of the molecule is COC(=O)c1cc(CNC(=O)c2ccc(S(=O)(=O)C(F)F)cc2)ccc1OC. The zero-order valence-electron chi connectivity index (χ0n) is 14.9. The number of hydrogen-bond donors (Lipinski definition) is 1. The average molecular weight is 413 g/mol. The van der Waals surface area contributed by atoms with Gasteiger partial charge >= 0.3 is 11.7 Å². The minimum Gasteiger partial charge on any atom is -0.496 e. The summed E-state index contributed by atoms with van der Waals surface area (Å²) < 4.78 is 57.6. The molecular formula is C18H17F2NO6S. The van der Waals surface area contributed by atoms with Gasteiger partial charge in [0.05, 0.1) is 19.1 Å². The smallest absolute Gasteiger partial charge is 0.341 e. The maximum Gasteiger partial charge on any atom is 0.341 e. The molecule has 28 heavy (non-hydrogen) atoms. The van der Waals surface area contributed by atoms with Crippen LogP contribution in [0, 0.1) is 0 Å². The molecule has 0 aliphatic rings. The van der Waals surface area contributed by atoms with Gasteiger partial charge in [-0.25, -0.2) is 13.2 Å². The van der Waals surface area contributed by atoms with Crippen LogP contribution in [0.5, 0.6) is 5.75 Å². The Morgan fingerprint density at radius 3 is 2.25 bits per heavy atom. The fraction of sp³-hybridized carbons (Fsp3) is 0.222. The number of esters is 1. The highest BCUT2D eigenvalue weighted by Crippen LogP contribution is 2.21. The van der Waals surface area contributed by atoms with Crippen molar-refractivity contribution >= 4 is 21.7 Å². The van der Waals surface area contributed by atoms with E-state index >= 15 is 0 Å². The van der Waals surface area contributed by atoms with Gasteiger partial charge in [0.25, 0.3) is 5.91 Å². The number of rotatable bonds is 7. The number of nitrogens with one attached hydrogen (secondary N) is 1. The third-order valence-corrected chi connectivity index (χ3v) is 5.20. The van der Waals surface area contributed by atoms with Gasteiger partial charge in [0.2, 0.25) is 9.84 Å². The lowest BCUT2D eigenvalue weighted by Crippen LogP contribution is -2.23. The molecule has 0 fully saturated rings. The summed E-state index contributed by atoms with van der Waals surface area (Å²) in [5.41, 5.74) is 0.875. The lowest BCUT2D eigenvalue weighted by atomic mass is 10.1. The number of hydrogen-bond acceptors (Lipinski definition) is 6. The van der Waals surface area contributed by atoms with Crippen molar-refractivity contribution in [1.29, 1.82) is 0 Å². The Balaban J connectivity index is 2.11. The van der Waals surface area contributed by atoms with Crippen molar-refractivity contribution in [3.63, 3.8) is 0 Å². The van der Waals surface area contributed by atoms with Gasteiger partial charge in [-0.05, 0) is 42.0 Å². The molecular weight excluding hydrogens is 396 g/mol. The van der Waals surface area contributed by atoms with Crippen LogP contribution >= 0.6 is 0 Å². The van der Waals surface area contributed by atoms with E-state index in [2.05, 4.69) is 10.1 Å². The summed E-state index contributed by atoms with van der Waals surface area (Å²) >= 11 is 0. The number of amides is 1. The van der Waals surface area contributed by atoms with Crippen molar-refractivity contribution in [3.8, 4) is 5.75 Å². The van der Waals surface area contributed by atoms with Crippen molar-refractivity contribution < 1.29 is 36.3 Å². The van der Waals surface area contributed by atoms with Gasteiger partial charge in [0, 0.05) is 12.1 Å². The van der Waals surface area contributed by atoms with E-state index in [0.29, 0.717) is 11.3 Å². The Morgan fingerprint density at radius 1 is 1.07 bits per heavy atom. The van der Waals surface area contributed by atoms with E-state index in [-0.39, 0.29) is 17.7 Å². The van der Waals surface area contributed by atoms with Gasteiger partial charge in [0.15, 0.2) is 0 Å². The van der Waals surface area contributed by atoms with E-state index in [9.17, 15) is 26.8 Å². The third kappa shape index (κ3) is 4.63. The molecule has 1 amide bonds. The first-order chi connectivity index (χ1) is 13.2. The van der Waals surface area contributed by atoms with Crippen LogP contribution in [0.15, 0.2) is 47.4 Å². The highest BCUT2D eigenvalue weighted by Gasteiger charge is 2.26. The van der Waals surface area contributed by atoms with E-state index in [1.807, 2.05) is 0 Å². The second-order valence-electron chi connectivity index (χ2n) is 5.54. The van der Waals surface area contributed by atoms with Crippen LogP contribution in [0.2, 0.25) is 0 Å². The molecule has 0 saturated heterocycles. The average Bonchev–Trinajstić information content (AvgIpc) is 2.71. The Bertz CT molecular complexity index is 974. The van der Waals surface area contributed by atoms with Crippen molar-refractivity contribution in [2.75, 3.05) is 14.2 Å². The molecule has 2 rings (SSSR count). The highest BCUT2D eigenvalue weighted by molar-refractivity contribution is 7.91. The van der Waals surface area contributed by atoms with Crippen LogP contribution in [0.25, 0.3) is 0 Å². The Labute approximate surface area is 160 Å². The fourth-order valence-electron chi connectivity index (χ4n) is 2.32. The first kappa shape index (κ1) is 21.3. The number of halogens is 2. The van der Waals surface area contributed by atoms with E-state index in [0.717, 1.165) is 24.3 Å².